The highest BCUT2D eigenvalue weighted by atomic mass is 35.8. The zero-order valence-corrected chi connectivity index (χ0v) is 9.79. The zero-order chi connectivity index (χ0) is 8.58. The average molecular weight is 282 g/mol. The molecule has 0 aromatic rings. The van der Waals surface area contributed by atoms with E-state index in [1.807, 2.05) is 0 Å². The second-order valence-corrected chi connectivity index (χ2v) is 14.3. The van der Waals surface area contributed by atoms with Gasteiger partial charge in [-0.3, -0.25) is 0 Å². The summed E-state index contributed by atoms with van der Waals surface area (Å²) < 4.78 is 19.2. The van der Waals surface area contributed by atoms with Gasteiger partial charge in [-0.05, 0) is 0 Å². The van der Waals surface area contributed by atoms with Crippen LogP contribution in [0.1, 0.15) is 0 Å². The van der Waals surface area contributed by atoms with Crippen LogP contribution < -0.4 is 0 Å². The Hall–Kier alpha value is 1.62. The van der Waals surface area contributed by atoms with E-state index in [4.69, 9.17) is 55.5 Å². The highest BCUT2D eigenvalue weighted by Crippen LogP contribution is 2.33. The van der Waals surface area contributed by atoms with Crippen molar-refractivity contribution in [2.45, 2.75) is 4.33 Å². The molecule has 0 spiro atoms. The van der Waals surface area contributed by atoms with Crippen molar-refractivity contribution < 1.29 is 8.42 Å². The summed E-state index contributed by atoms with van der Waals surface area (Å²) in [7, 11) is 0.833. The molecule has 9 heteroatoms. The molecule has 0 fully saturated rings. The Morgan fingerprint density at radius 3 is 1.50 bits per heavy atom. The molecular weight excluding hydrogens is 281 g/mol. The molecule has 0 aromatic carbocycles. The fourth-order valence-corrected chi connectivity index (χ4v) is 7.04. The zero-order valence-electron chi connectivity index (χ0n) is 4.19. The van der Waals surface area contributed by atoms with Crippen LogP contribution in [-0.4, -0.2) is 18.8 Å². The van der Waals surface area contributed by atoms with Crippen LogP contribution in [0.2, 0.25) is 0 Å². The van der Waals surface area contributed by atoms with E-state index in [0.29, 0.717) is 0 Å². The minimum atomic E-state index is -3.96. The Bertz CT molecular complexity index is 204. The number of alkyl halides is 1. The summed E-state index contributed by atoms with van der Waals surface area (Å²) >= 11 is 20.9. The second-order valence-electron chi connectivity index (χ2n) is 1.33. The van der Waals surface area contributed by atoms with Gasteiger partial charge in [-0.15, -0.1) is 44.8 Å². The lowest BCUT2D eigenvalue weighted by Gasteiger charge is -2.10. The topological polar surface area (TPSA) is 34.1 Å². The standard InChI is InChI=1S/CHCl5O2SSi/c2-1(9(3,7)8)10(4,5)6/h1H. The van der Waals surface area contributed by atoms with Crippen LogP contribution in [0.4, 0.5) is 0 Å². The molecule has 0 aromatic heterocycles. The normalized spacial score (nSPS) is 16.9. The Morgan fingerprint density at radius 2 is 1.50 bits per heavy atom. The van der Waals surface area contributed by atoms with E-state index in [0.717, 1.165) is 0 Å². The third-order valence-electron chi connectivity index (χ3n) is 0.505. The maximum absolute atomic E-state index is 10.4. The Labute approximate surface area is 82.9 Å². The predicted octanol–water partition coefficient (Wildman–Crippen LogP) is 2.31. The summed E-state index contributed by atoms with van der Waals surface area (Å²) in [6.07, 6.45) is 0. The lowest BCUT2D eigenvalue weighted by Crippen LogP contribution is -2.30. The van der Waals surface area contributed by atoms with Crippen molar-refractivity contribution >= 4 is 70.6 Å². The maximum atomic E-state index is 10.4. The fraction of sp³-hybridized carbons (Fsp3) is 1.00. The van der Waals surface area contributed by atoms with E-state index in [1.54, 1.807) is 0 Å². The largest absolute Gasteiger partial charge is 0.374 e. The third kappa shape index (κ3) is 3.85. The summed E-state index contributed by atoms with van der Waals surface area (Å²) in [4.78, 5) is 0. The van der Waals surface area contributed by atoms with Crippen LogP contribution in [0.25, 0.3) is 0 Å². The van der Waals surface area contributed by atoms with Crippen molar-refractivity contribution in [1.82, 2.24) is 0 Å². The predicted molar refractivity (Wildman–Crippen MR) is 47.7 cm³/mol. The summed E-state index contributed by atoms with van der Waals surface area (Å²) in [5, 5.41) is 0. The van der Waals surface area contributed by atoms with Crippen LogP contribution >= 0.6 is 55.5 Å². The molecular formula is CHCl5O2SSi. The van der Waals surface area contributed by atoms with Crippen molar-refractivity contribution in [3.05, 3.63) is 0 Å². The van der Waals surface area contributed by atoms with Crippen molar-refractivity contribution in [3.8, 4) is 0 Å². The molecule has 0 saturated carbocycles. The van der Waals surface area contributed by atoms with Crippen molar-refractivity contribution in [1.29, 1.82) is 0 Å². The van der Waals surface area contributed by atoms with Gasteiger partial charge in [-0.1, -0.05) is 0 Å². The van der Waals surface area contributed by atoms with Gasteiger partial charge >= 0.3 is 6.00 Å². The minimum absolute atomic E-state index is 1.59. The van der Waals surface area contributed by atoms with E-state index < -0.39 is 19.4 Å². The smallest absolute Gasteiger partial charge is 0.211 e. The van der Waals surface area contributed by atoms with E-state index in [9.17, 15) is 8.42 Å². The molecule has 1 unspecified atom stereocenters. The molecule has 62 valence electrons. The molecule has 0 bridgehead atoms. The van der Waals surface area contributed by atoms with Crippen molar-refractivity contribution in [2.75, 3.05) is 0 Å². The lowest BCUT2D eigenvalue weighted by molar-refractivity contribution is 0.611. The summed E-state index contributed by atoms with van der Waals surface area (Å²) in [6.45, 7) is 0. The van der Waals surface area contributed by atoms with Crippen LogP contribution in [0.15, 0.2) is 0 Å². The van der Waals surface area contributed by atoms with Gasteiger partial charge in [0.05, 0.1) is 0 Å². The number of hydrogen-bond acceptors (Lipinski definition) is 2. The maximum Gasteiger partial charge on any atom is 0.374 e. The van der Waals surface area contributed by atoms with E-state index >= 15 is 0 Å². The molecule has 0 aliphatic rings. The highest BCUT2D eigenvalue weighted by Gasteiger charge is 2.44. The molecule has 0 N–H and O–H groups in total. The van der Waals surface area contributed by atoms with Crippen molar-refractivity contribution in [2.24, 2.45) is 0 Å². The number of hydrogen-bond donors (Lipinski definition) is 0. The summed E-state index contributed by atoms with van der Waals surface area (Å²) in [6, 6.07) is -3.43. The Kier molecular flexibility index (Phi) is 4.13. The van der Waals surface area contributed by atoms with Gasteiger partial charge in [0, 0.05) is 10.7 Å². The first-order valence-corrected chi connectivity index (χ1v) is 9.72. The van der Waals surface area contributed by atoms with Gasteiger partial charge in [0.15, 0.2) is 4.33 Å². The first-order valence-electron chi connectivity index (χ1n) is 1.80. The Balaban J connectivity index is 4.56. The van der Waals surface area contributed by atoms with Gasteiger partial charge in [0.1, 0.15) is 0 Å². The molecule has 10 heavy (non-hydrogen) atoms. The second kappa shape index (κ2) is 3.56. The van der Waals surface area contributed by atoms with Gasteiger partial charge in [-0.25, -0.2) is 8.42 Å². The highest BCUT2D eigenvalue weighted by molar-refractivity contribution is 8.18. The van der Waals surface area contributed by atoms with E-state index in [2.05, 4.69) is 0 Å². The number of rotatable bonds is 2. The Morgan fingerprint density at radius 1 is 1.20 bits per heavy atom. The first kappa shape index (κ1) is 11.6. The molecule has 0 heterocycles. The molecule has 0 amide bonds. The lowest BCUT2D eigenvalue weighted by atomic mass is 11.9. The minimum Gasteiger partial charge on any atom is -0.211 e. The fourth-order valence-electron chi connectivity index (χ4n) is 0.160. The van der Waals surface area contributed by atoms with Gasteiger partial charge in [-0.2, -0.15) is 0 Å². The SMILES string of the molecule is O=S(=O)(Cl)C(Cl)[Si](Cl)(Cl)Cl. The van der Waals surface area contributed by atoms with E-state index in [1.165, 1.54) is 0 Å². The average Bonchev–Trinajstić information content (AvgIpc) is 1.59. The molecule has 0 rings (SSSR count). The molecule has 0 aliphatic carbocycles. The quantitative estimate of drug-likeness (QED) is 0.337. The third-order valence-corrected chi connectivity index (χ3v) is 10.6. The van der Waals surface area contributed by atoms with E-state index in [-0.39, 0.29) is 0 Å². The van der Waals surface area contributed by atoms with Gasteiger partial charge in [0.25, 0.3) is 9.05 Å². The summed E-state index contributed by atoms with van der Waals surface area (Å²) in [5.74, 6) is 0. The van der Waals surface area contributed by atoms with Crippen LogP contribution in [0, 0.1) is 0 Å². The van der Waals surface area contributed by atoms with Gasteiger partial charge < -0.3 is 0 Å². The molecule has 1 atom stereocenters. The van der Waals surface area contributed by atoms with Crippen LogP contribution in [0.5, 0.6) is 0 Å². The van der Waals surface area contributed by atoms with Crippen molar-refractivity contribution in [3.63, 3.8) is 0 Å². The first-order chi connectivity index (χ1) is 4.15. The molecule has 0 aliphatic heterocycles. The summed E-state index contributed by atoms with van der Waals surface area (Å²) in [5.41, 5.74) is 0. The monoisotopic (exact) mass is 280 g/mol. The van der Waals surface area contributed by atoms with Crippen LogP contribution in [0.3, 0.4) is 0 Å². The van der Waals surface area contributed by atoms with Gasteiger partial charge in [0.2, 0.25) is 0 Å². The van der Waals surface area contributed by atoms with Crippen LogP contribution in [-0.2, 0) is 9.05 Å². The molecule has 0 radical (unpaired) electrons. The molecule has 0 saturated heterocycles. The molecule has 2 nitrogen and oxygen atoms in total. The number of halogens is 5.